The smallest absolute Gasteiger partial charge is 0.148 e. The number of quaternary nitrogens is 1. The Balaban J connectivity index is 2.11. The second-order valence-electron chi connectivity index (χ2n) is 3.53. The highest BCUT2D eigenvalue weighted by Crippen LogP contribution is 2.26. The molecular weight excluding hydrogens is 162 g/mol. The van der Waals surface area contributed by atoms with E-state index < -0.39 is 0 Å². The summed E-state index contributed by atoms with van der Waals surface area (Å²) < 4.78 is 5.84. The van der Waals surface area contributed by atoms with Gasteiger partial charge in [0.05, 0.1) is 7.05 Å². The summed E-state index contributed by atoms with van der Waals surface area (Å²) in [6, 6.07) is 8.34. The predicted octanol–water partition coefficient (Wildman–Crippen LogP) is 0.573. The van der Waals surface area contributed by atoms with E-state index in [0.717, 1.165) is 25.1 Å². The molecule has 0 bridgehead atoms. The molecule has 0 aliphatic carbocycles. The van der Waals surface area contributed by atoms with Crippen LogP contribution in [0.15, 0.2) is 24.3 Å². The molecule has 0 aromatic heterocycles. The van der Waals surface area contributed by atoms with Gasteiger partial charge in [0.2, 0.25) is 0 Å². The molecule has 1 atom stereocenters. The van der Waals surface area contributed by atoms with Gasteiger partial charge in [-0.25, -0.2) is 0 Å². The van der Waals surface area contributed by atoms with Crippen LogP contribution in [-0.2, 0) is 6.42 Å². The van der Waals surface area contributed by atoms with Gasteiger partial charge in [-0.05, 0) is 24.5 Å². The highest BCUT2D eigenvalue weighted by Gasteiger charge is 2.19. The average Bonchev–Trinajstić information content (AvgIpc) is 2.18. The Morgan fingerprint density at radius 1 is 1.46 bits per heavy atom. The van der Waals surface area contributed by atoms with Crippen molar-refractivity contribution in [2.45, 2.75) is 18.9 Å². The molecule has 1 heterocycles. The maximum atomic E-state index is 5.84. The molecule has 0 amide bonds. The average molecular weight is 178 g/mol. The number of hydrogen-bond donors (Lipinski definition) is 1. The number of rotatable bonds is 2. The summed E-state index contributed by atoms with van der Waals surface area (Å²) in [6.07, 6.45) is 2.72. The fourth-order valence-electron chi connectivity index (χ4n) is 1.81. The van der Waals surface area contributed by atoms with Crippen LogP contribution in [0, 0.1) is 0 Å². The van der Waals surface area contributed by atoms with Crippen molar-refractivity contribution < 1.29 is 10.1 Å². The van der Waals surface area contributed by atoms with E-state index in [1.165, 1.54) is 5.56 Å². The number of hydrogen-bond acceptors (Lipinski definition) is 1. The normalized spacial score (nSPS) is 20.5. The Morgan fingerprint density at radius 3 is 3.15 bits per heavy atom. The lowest BCUT2D eigenvalue weighted by Crippen LogP contribution is -2.82. The van der Waals surface area contributed by atoms with Crippen molar-refractivity contribution in [2.75, 3.05) is 13.6 Å². The van der Waals surface area contributed by atoms with Crippen LogP contribution in [0.5, 0.6) is 5.75 Å². The quantitative estimate of drug-likeness (QED) is 0.704. The zero-order valence-corrected chi connectivity index (χ0v) is 7.99. The van der Waals surface area contributed by atoms with Crippen molar-refractivity contribution >= 4 is 0 Å². The van der Waals surface area contributed by atoms with Gasteiger partial charge in [-0.2, -0.15) is 0 Å². The highest BCUT2D eigenvalue weighted by atomic mass is 16.5. The fourth-order valence-corrected chi connectivity index (χ4v) is 1.81. The molecule has 0 spiro atoms. The van der Waals surface area contributed by atoms with E-state index >= 15 is 0 Å². The first kappa shape index (κ1) is 8.57. The fraction of sp³-hybridized carbons (Fsp3) is 0.455. The van der Waals surface area contributed by atoms with Crippen molar-refractivity contribution in [2.24, 2.45) is 0 Å². The summed E-state index contributed by atoms with van der Waals surface area (Å²) in [6.45, 7) is 1.06. The lowest BCUT2D eigenvalue weighted by Gasteiger charge is -2.24. The Hall–Kier alpha value is -1.02. The molecule has 70 valence electrons. The van der Waals surface area contributed by atoms with Gasteiger partial charge in [-0.3, -0.25) is 0 Å². The van der Waals surface area contributed by atoms with Crippen molar-refractivity contribution in [3.05, 3.63) is 29.8 Å². The van der Waals surface area contributed by atoms with Gasteiger partial charge < -0.3 is 10.1 Å². The van der Waals surface area contributed by atoms with Crippen LogP contribution < -0.4 is 10.1 Å². The summed E-state index contributed by atoms with van der Waals surface area (Å²) in [5, 5.41) is 2.18. The molecule has 1 unspecified atom stereocenters. The monoisotopic (exact) mass is 178 g/mol. The standard InChI is InChI=1S/C11H15NO/c1-12-8-10-7-6-9-4-2-3-5-11(9)13-10/h2-5,10,12H,6-8H2,1H3/p+1. The van der Waals surface area contributed by atoms with Crippen molar-refractivity contribution in [1.82, 2.24) is 0 Å². The summed E-state index contributed by atoms with van der Waals surface area (Å²) in [4.78, 5) is 0. The Morgan fingerprint density at radius 2 is 2.31 bits per heavy atom. The molecule has 13 heavy (non-hydrogen) atoms. The molecule has 0 saturated heterocycles. The van der Waals surface area contributed by atoms with Crippen LogP contribution in [-0.4, -0.2) is 19.7 Å². The zero-order chi connectivity index (χ0) is 9.10. The van der Waals surface area contributed by atoms with E-state index in [1.54, 1.807) is 0 Å². The summed E-state index contributed by atoms with van der Waals surface area (Å²) >= 11 is 0. The van der Waals surface area contributed by atoms with Crippen LogP contribution in [0.2, 0.25) is 0 Å². The third-order valence-electron chi connectivity index (χ3n) is 2.50. The third-order valence-corrected chi connectivity index (χ3v) is 2.50. The van der Waals surface area contributed by atoms with Gasteiger partial charge in [-0.15, -0.1) is 0 Å². The Kier molecular flexibility index (Phi) is 2.50. The SMILES string of the molecule is C[NH2+]CC1CCc2ccccc2O1. The summed E-state index contributed by atoms with van der Waals surface area (Å²) in [5.74, 6) is 1.08. The van der Waals surface area contributed by atoms with Gasteiger partial charge in [0.1, 0.15) is 18.4 Å². The topological polar surface area (TPSA) is 25.8 Å². The molecule has 1 aliphatic heterocycles. The second kappa shape index (κ2) is 3.79. The first-order chi connectivity index (χ1) is 6.40. The molecule has 0 fully saturated rings. The van der Waals surface area contributed by atoms with E-state index in [1.807, 2.05) is 6.07 Å². The maximum absolute atomic E-state index is 5.84. The minimum atomic E-state index is 0.403. The minimum Gasteiger partial charge on any atom is -0.484 e. The number of fused-ring (bicyclic) bond motifs is 1. The molecule has 2 rings (SSSR count). The van der Waals surface area contributed by atoms with E-state index in [-0.39, 0.29) is 0 Å². The molecule has 2 N–H and O–H groups in total. The van der Waals surface area contributed by atoms with Crippen LogP contribution in [0.1, 0.15) is 12.0 Å². The van der Waals surface area contributed by atoms with Crippen LogP contribution in [0.3, 0.4) is 0 Å². The number of aryl methyl sites for hydroxylation is 1. The van der Waals surface area contributed by atoms with Crippen molar-refractivity contribution in [3.8, 4) is 5.75 Å². The van der Waals surface area contributed by atoms with Gasteiger partial charge in [0.25, 0.3) is 0 Å². The van der Waals surface area contributed by atoms with Crippen LogP contribution >= 0.6 is 0 Å². The van der Waals surface area contributed by atoms with E-state index in [2.05, 4.69) is 30.6 Å². The highest BCUT2D eigenvalue weighted by molar-refractivity contribution is 5.34. The van der Waals surface area contributed by atoms with Crippen LogP contribution in [0.4, 0.5) is 0 Å². The number of likely N-dealkylation sites (N-methyl/N-ethyl adjacent to an activating group) is 1. The van der Waals surface area contributed by atoms with Crippen molar-refractivity contribution in [3.63, 3.8) is 0 Å². The number of nitrogens with two attached hydrogens (primary N) is 1. The predicted molar refractivity (Wildman–Crippen MR) is 51.9 cm³/mol. The molecule has 2 nitrogen and oxygen atoms in total. The number of para-hydroxylation sites is 1. The minimum absolute atomic E-state index is 0.403. The van der Waals surface area contributed by atoms with Gasteiger partial charge in [0, 0.05) is 0 Å². The number of benzene rings is 1. The molecular formula is C11H16NO+. The molecule has 1 aliphatic rings. The summed E-state index contributed by atoms with van der Waals surface area (Å²) in [5.41, 5.74) is 1.36. The molecule has 1 aromatic carbocycles. The largest absolute Gasteiger partial charge is 0.484 e. The van der Waals surface area contributed by atoms with Crippen LogP contribution in [0.25, 0.3) is 0 Å². The Labute approximate surface area is 78.9 Å². The summed E-state index contributed by atoms with van der Waals surface area (Å²) in [7, 11) is 2.09. The number of ether oxygens (including phenoxy) is 1. The van der Waals surface area contributed by atoms with E-state index in [4.69, 9.17) is 4.74 Å². The lowest BCUT2D eigenvalue weighted by atomic mass is 10.0. The second-order valence-corrected chi connectivity index (χ2v) is 3.53. The molecule has 0 radical (unpaired) electrons. The third kappa shape index (κ3) is 1.83. The van der Waals surface area contributed by atoms with Gasteiger partial charge >= 0.3 is 0 Å². The zero-order valence-electron chi connectivity index (χ0n) is 7.99. The maximum Gasteiger partial charge on any atom is 0.148 e. The molecule has 0 saturated carbocycles. The lowest BCUT2D eigenvalue weighted by molar-refractivity contribution is -0.633. The first-order valence-corrected chi connectivity index (χ1v) is 4.92. The van der Waals surface area contributed by atoms with E-state index in [9.17, 15) is 0 Å². The Bertz CT molecular complexity index is 285. The van der Waals surface area contributed by atoms with Gasteiger partial charge in [-0.1, -0.05) is 18.2 Å². The van der Waals surface area contributed by atoms with Crippen molar-refractivity contribution in [1.29, 1.82) is 0 Å². The molecule has 1 aromatic rings. The first-order valence-electron chi connectivity index (χ1n) is 4.92. The van der Waals surface area contributed by atoms with Gasteiger partial charge in [0.15, 0.2) is 0 Å². The molecule has 2 heteroatoms. The van der Waals surface area contributed by atoms with E-state index in [0.29, 0.717) is 6.10 Å².